The van der Waals surface area contributed by atoms with E-state index >= 15 is 0 Å². The Balaban J connectivity index is 2.71. The number of carbonyl (C=O) groups excluding carboxylic acids is 2. The molecule has 0 fully saturated rings. The highest BCUT2D eigenvalue weighted by Crippen LogP contribution is 2.16. The van der Waals surface area contributed by atoms with Crippen molar-refractivity contribution >= 4 is 11.9 Å². The third kappa shape index (κ3) is 4.71. The van der Waals surface area contributed by atoms with Gasteiger partial charge in [-0.1, -0.05) is 36.3 Å². The van der Waals surface area contributed by atoms with Crippen molar-refractivity contribution in [2.45, 2.75) is 19.4 Å². The van der Waals surface area contributed by atoms with Crippen molar-refractivity contribution in [1.29, 1.82) is 0 Å². The monoisotopic (exact) mass is 245 g/mol. The van der Waals surface area contributed by atoms with Crippen LogP contribution in [-0.2, 0) is 14.3 Å². The summed E-state index contributed by atoms with van der Waals surface area (Å²) < 4.78 is 4.80. The molecule has 0 aliphatic heterocycles. The van der Waals surface area contributed by atoms with Crippen LogP contribution in [0, 0.1) is 12.3 Å². The van der Waals surface area contributed by atoms with Crippen molar-refractivity contribution in [2.24, 2.45) is 0 Å². The lowest BCUT2D eigenvalue weighted by molar-refractivity contribution is -0.142. The maximum atomic E-state index is 11.5. The molecule has 1 atom stereocenters. The third-order valence-corrected chi connectivity index (χ3v) is 2.27. The van der Waals surface area contributed by atoms with E-state index in [0.717, 1.165) is 5.56 Å². The van der Waals surface area contributed by atoms with Crippen LogP contribution < -0.4 is 5.32 Å². The average molecular weight is 245 g/mol. The number of hydrogen-bond donors (Lipinski definition) is 1. The van der Waals surface area contributed by atoms with Crippen LogP contribution in [0.4, 0.5) is 0 Å². The van der Waals surface area contributed by atoms with Gasteiger partial charge in [-0.25, -0.2) is 0 Å². The van der Waals surface area contributed by atoms with Gasteiger partial charge in [-0.2, -0.15) is 0 Å². The Bertz CT molecular complexity index is 448. The molecule has 0 heterocycles. The summed E-state index contributed by atoms with van der Waals surface area (Å²) in [5, 5.41) is 2.71. The molecule has 1 amide bonds. The van der Waals surface area contributed by atoms with E-state index in [0.29, 0.717) is 0 Å². The van der Waals surface area contributed by atoms with Gasteiger partial charge in [-0.15, -0.1) is 6.42 Å². The van der Waals surface area contributed by atoms with E-state index in [-0.39, 0.29) is 18.9 Å². The Hall–Kier alpha value is -2.28. The number of nitrogens with one attached hydrogen (secondary N) is 1. The number of carbonyl (C=O) groups is 2. The topological polar surface area (TPSA) is 55.4 Å². The Morgan fingerprint density at radius 3 is 2.61 bits per heavy atom. The number of esters is 1. The van der Waals surface area contributed by atoms with E-state index in [2.05, 4.69) is 11.2 Å². The molecule has 1 unspecified atom stereocenters. The zero-order valence-corrected chi connectivity index (χ0v) is 10.2. The minimum absolute atomic E-state index is 0.0551. The van der Waals surface area contributed by atoms with Gasteiger partial charge in [-0.3, -0.25) is 9.59 Å². The van der Waals surface area contributed by atoms with Gasteiger partial charge in [0.2, 0.25) is 5.91 Å². The zero-order chi connectivity index (χ0) is 13.4. The maximum absolute atomic E-state index is 11.5. The predicted molar refractivity (Wildman–Crippen MR) is 67.4 cm³/mol. The van der Waals surface area contributed by atoms with Gasteiger partial charge in [0.25, 0.3) is 0 Å². The molecule has 18 heavy (non-hydrogen) atoms. The second-order valence-electron chi connectivity index (χ2n) is 3.73. The van der Waals surface area contributed by atoms with Crippen LogP contribution in [0.2, 0.25) is 0 Å². The van der Waals surface area contributed by atoms with Crippen molar-refractivity contribution in [3.63, 3.8) is 0 Å². The van der Waals surface area contributed by atoms with E-state index in [1.165, 1.54) is 6.92 Å². The smallest absolute Gasteiger partial charge is 0.309 e. The molecule has 4 nitrogen and oxygen atoms in total. The second kappa shape index (κ2) is 7.13. The minimum Gasteiger partial charge on any atom is -0.452 e. The normalized spacial score (nSPS) is 11.1. The van der Waals surface area contributed by atoms with Gasteiger partial charge in [0.1, 0.15) is 0 Å². The Morgan fingerprint density at radius 2 is 2.06 bits per heavy atom. The summed E-state index contributed by atoms with van der Waals surface area (Å²) in [4.78, 5) is 22.6. The van der Waals surface area contributed by atoms with Crippen LogP contribution in [-0.4, -0.2) is 18.5 Å². The summed E-state index contributed by atoms with van der Waals surface area (Å²) in [6.45, 7) is 1.35. The SMILES string of the molecule is C#CCOC(=O)CC(NC(C)=O)c1ccccc1. The summed E-state index contributed by atoms with van der Waals surface area (Å²) in [6.07, 6.45) is 5.06. The maximum Gasteiger partial charge on any atom is 0.309 e. The van der Waals surface area contributed by atoms with E-state index in [9.17, 15) is 9.59 Å². The first-order valence-corrected chi connectivity index (χ1v) is 5.54. The molecule has 1 aromatic carbocycles. The Labute approximate surface area is 106 Å². The van der Waals surface area contributed by atoms with Crippen molar-refractivity contribution in [1.82, 2.24) is 5.32 Å². The lowest BCUT2D eigenvalue weighted by Gasteiger charge is -2.17. The van der Waals surface area contributed by atoms with Crippen molar-refractivity contribution < 1.29 is 14.3 Å². The quantitative estimate of drug-likeness (QED) is 0.630. The van der Waals surface area contributed by atoms with Crippen LogP contribution in [0.1, 0.15) is 24.9 Å². The molecule has 4 heteroatoms. The first-order chi connectivity index (χ1) is 8.63. The number of ether oxygens (including phenoxy) is 1. The number of terminal acetylenes is 1. The predicted octanol–water partition coefficient (Wildman–Crippen LogP) is 1.43. The first kappa shape index (κ1) is 13.8. The fraction of sp³-hybridized carbons (Fsp3) is 0.286. The summed E-state index contributed by atoms with van der Waals surface area (Å²) in [6, 6.07) is 8.84. The van der Waals surface area contributed by atoms with E-state index in [1.807, 2.05) is 30.3 Å². The lowest BCUT2D eigenvalue weighted by atomic mass is 10.0. The summed E-state index contributed by atoms with van der Waals surface area (Å²) in [5.41, 5.74) is 0.852. The molecule has 0 saturated carbocycles. The molecule has 0 saturated heterocycles. The lowest BCUT2D eigenvalue weighted by Crippen LogP contribution is -2.28. The molecule has 0 aliphatic rings. The molecule has 0 aromatic heterocycles. The summed E-state index contributed by atoms with van der Waals surface area (Å²) in [5.74, 6) is 1.59. The van der Waals surface area contributed by atoms with Gasteiger partial charge in [0.15, 0.2) is 6.61 Å². The van der Waals surface area contributed by atoms with Crippen LogP contribution in [0.15, 0.2) is 30.3 Å². The minimum atomic E-state index is -0.435. The average Bonchev–Trinajstić information content (AvgIpc) is 2.36. The van der Waals surface area contributed by atoms with Crippen LogP contribution >= 0.6 is 0 Å². The van der Waals surface area contributed by atoms with E-state index < -0.39 is 12.0 Å². The highest BCUT2D eigenvalue weighted by atomic mass is 16.5. The Morgan fingerprint density at radius 1 is 1.39 bits per heavy atom. The third-order valence-electron chi connectivity index (χ3n) is 2.27. The van der Waals surface area contributed by atoms with E-state index in [4.69, 9.17) is 11.2 Å². The fourth-order valence-electron chi connectivity index (χ4n) is 1.53. The first-order valence-electron chi connectivity index (χ1n) is 5.54. The molecule has 1 N–H and O–H groups in total. The van der Waals surface area contributed by atoms with Crippen molar-refractivity contribution in [3.8, 4) is 12.3 Å². The van der Waals surface area contributed by atoms with Crippen molar-refractivity contribution in [3.05, 3.63) is 35.9 Å². The summed E-state index contributed by atoms with van der Waals surface area (Å²) >= 11 is 0. The van der Waals surface area contributed by atoms with Crippen LogP contribution in [0.3, 0.4) is 0 Å². The standard InChI is InChI=1S/C14H15NO3/c1-3-9-18-14(17)10-13(15-11(2)16)12-7-5-4-6-8-12/h1,4-8,13H,9-10H2,2H3,(H,15,16). The molecule has 0 bridgehead atoms. The van der Waals surface area contributed by atoms with E-state index in [1.54, 1.807) is 0 Å². The molecule has 0 aliphatic carbocycles. The van der Waals surface area contributed by atoms with Crippen molar-refractivity contribution in [2.75, 3.05) is 6.61 Å². The number of amides is 1. The van der Waals surface area contributed by atoms with Gasteiger partial charge in [-0.05, 0) is 5.56 Å². The van der Waals surface area contributed by atoms with Gasteiger partial charge >= 0.3 is 5.97 Å². The molecule has 94 valence electrons. The number of hydrogen-bond acceptors (Lipinski definition) is 3. The number of rotatable bonds is 5. The molecule has 1 rings (SSSR count). The highest BCUT2D eigenvalue weighted by Gasteiger charge is 2.17. The fourth-order valence-corrected chi connectivity index (χ4v) is 1.53. The largest absolute Gasteiger partial charge is 0.452 e. The highest BCUT2D eigenvalue weighted by molar-refractivity contribution is 5.76. The molecular formula is C14H15NO3. The zero-order valence-electron chi connectivity index (χ0n) is 10.2. The van der Waals surface area contributed by atoms with Gasteiger partial charge < -0.3 is 10.1 Å². The molecule has 0 spiro atoms. The molecule has 0 radical (unpaired) electrons. The second-order valence-corrected chi connectivity index (χ2v) is 3.73. The Kier molecular flexibility index (Phi) is 5.46. The molecule has 1 aromatic rings. The summed E-state index contributed by atoms with van der Waals surface area (Å²) in [7, 11) is 0. The molecular weight excluding hydrogens is 230 g/mol. The van der Waals surface area contributed by atoms with Gasteiger partial charge in [0.05, 0.1) is 12.5 Å². The van der Waals surface area contributed by atoms with Crippen LogP contribution in [0.25, 0.3) is 0 Å². The van der Waals surface area contributed by atoms with Crippen LogP contribution in [0.5, 0.6) is 0 Å². The van der Waals surface area contributed by atoms with Gasteiger partial charge in [0, 0.05) is 6.92 Å². The number of benzene rings is 1.